The Balaban J connectivity index is 2.14. The molecule has 2 rings (SSSR count). The van der Waals surface area contributed by atoms with Gasteiger partial charge in [-0.3, -0.25) is 0 Å². The summed E-state index contributed by atoms with van der Waals surface area (Å²) in [6.45, 7) is 7.18. The predicted molar refractivity (Wildman–Crippen MR) is 34.5 cm³/mol. The molecular weight excluding hydrogens is 96.1 g/mol. The van der Waals surface area contributed by atoms with Crippen molar-refractivity contribution in [3.63, 3.8) is 0 Å². The molecule has 0 nitrogen and oxygen atoms in total. The van der Waals surface area contributed by atoms with Gasteiger partial charge in [0.05, 0.1) is 0 Å². The Hall–Kier alpha value is 0. The number of hydrogen-bond acceptors (Lipinski definition) is 0. The number of hydrogen-bond donors (Lipinski definition) is 0. The van der Waals surface area contributed by atoms with Gasteiger partial charge in [0, 0.05) is 0 Å². The predicted octanol–water partition coefficient (Wildman–Crippen LogP) is 2.30. The monoisotopic (exact) mass is 110 g/mol. The van der Waals surface area contributed by atoms with Crippen LogP contribution < -0.4 is 0 Å². The molecule has 0 aromatic carbocycles. The van der Waals surface area contributed by atoms with Crippen molar-refractivity contribution in [1.82, 2.24) is 0 Å². The molecule has 0 radical (unpaired) electrons. The standard InChI is InChI=1S/C8H14/c1-5-4-8(5)6(2)7(8)3/h5-7H,4H2,1-3H3. The van der Waals surface area contributed by atoms with E-state index in [-0.39, 0.29) is 0 Å². The van der Waals surface area contributed by atoms with Crippen molar-refractivity contribution in [2.75, 3.05) is 0 Å². The highest BCUT2D eigenvalue weighted by molar-refractivity contribution is 5.19. The molecule has 0 saturated heterocycles. The van der Waals surface area contributed by atoms with Crippen LogP contribution in [0.4, 0.5) is 0 Å². The van der Waals surface area contributed by atoms with E-state index in [4.69, 9.17) is 0 Å². The van der Waals surface area contributed by atoms with Crippen LogP contribution in [0.1, 0.15) is 27.2 Å². The van der Waals surface area contributed by atoms with Crippen molar-refractivity contribution in [1.29, 1.82) is 0 Å². The maximum Gasteiger partial charge on any atom is -0.0212 e. The highest BCUT2D eigenvalue weighted by Gasteiger charge is 2.71. The number of rotatable bonds is 0. The van der Waals surface area contributed by atoms with Crippen molar-refractivity contribution in [2.24, 2.45) is 23.2 Å². The maximum atomic E-state index is 2.40. The molecule has 0 N–H and O–H groups in total. The van der Waals surface area contributed by atoms with Gasteiger partial charge in [-0.2, -0.15) is 0 Å². The van der Waals surface area contributed by atoms with E-state index < -0.39 is 0 Å². The van der Waals surface area contributed by atoms with E-state index in [1.165, 1.54) is 6.42 Å². The fraction of sp³-hybridized carbons (Fsp3) is 1.00. The van der Waals surface area contributed by atoms with E-state index in [1.54, 1.807) is 0 Å². The summed E-state index contributed by atoms with van der Waals surface area (Å²) in [7, 11) is 0. The molecule has 0 aromatic heterocycles. The van der Waals surface area contributed by atoms with Crippen molar-refractivity contribution >= 4 is 0 Å². The highest BCUT2D eigenvalue weighted by atomic mass is 14.8. The van der Waals surface area contributed by atoms with E-state index in [0.29, 0.717) is 0 Å². The summed E-state index contributed by atoms with van der Waals surface area (Å²) in [5, 5.41) is 0. The van der Waals surface area contributed by atoms with Crippen LogP contribution in [0.2, 0.25) is 0 Å². The lowest BCUT2D eigenvalue weighted by atomic mass is 10.2. The van der Waals surface area contributed by atoms with Gasteiger partial charge in [-0.25, -0.2) is 0 Å². The van der Waals surface area contributed by atoms with Crippen molar-refractivity contribution < 1.29 is 0 Å². The van der Waals surface area contributed by atoms with Gasteiger partial charge in [-0.15, -0.1) is 0 Å². The van der Waals surface area contributed by atoms with Gasteiger partial charge in [-0.05, 0) is 29.6 Å². The minimum Gasteiger partial charge on any atom is -0.0619 e. The second kappa shape index (κ2) is 0.984. The van der Waals surface area contributed by atoms with Gasteiger partial charge in [0.15, 0.2) is 0 Å². The van der Waals surface area contributed by atoms with Gasteiger partial charge in [0.1, 0.15) is 0 Å². The molecule has 0 bridgehead atoms. The first-order valence-electron chi connectivity index (χ1n) is 3.69. The van der Waals surface area contributed by atoms with Gasteiger partial charge in [0.2, 0.25) is 0 Å². The molecule has 8 heavy (non-hydrogen) atoms. The van der Waals surface area contributed by atoms with E-state index in [9.17, 15) is 0 Å². The molecule has 3 unspecified atom stereocenters. The average molecular weight is 110 g/mol. The summed E-state index contributed by atoms with van der Waals surface area (Å²) in [5.41, 5.74) is 0.875. The molecule has 0 aliphatic heterocycles. The second-order valence-electron chi connectivity index (χ2n) is 3.79. The summed E-state index contributed by atoms with van der Waals surface area (Å²) in [6.07, 6.45) is 1.52. The molecule has 2 saturated carbocycles. The fourth-order valence-corrected chi connectivity index (χ4v) is 2.64. The Labute approximate surface area is 51.3 Å². The summed E-state index contributed by atoms with van der Waals surface area (Å²) >= 11 is 0. The zero-order valence-electron chi connectivity index (χ0n) is 5.94. The largest absolute Gasteiger partial charge is 0.0619 e. The molecule has 0 heteroatoms. The van der Waals surface area contributed by atoms with Crippen molar-refractivity contribution in [3.05, 3.63) is 0 Å². The third kappa shape index (κ3) is 0.284. The zero-order valence-corrected chi connectivity index (χ0v) is 5.94. The smallest absolute Gasteiger partial charge is 0.0212 e. The fourth-order valence-electron chi connectivity index (χ4n) is 2.64. The van der Waals surface area contributed by atoms with Crippen LogP contribution >= 0.6 is 0 Å². The van der Waals surface area contributed by atoms with E-state index in [1.807, 2.05) is 0 Å². The molecule has 2 fully saturated rings. The van der Waals surface area contributed by atoms with E-state index in [2.05, 4.69) is 20.8 Å². The normalized spacial score (nSPS) is 68.6. The van der Waals surface area contributed by atoms with Gasteiger partial charge >= 0.3 is 0 Å². The maximum absolute atomic E-state index is 2.40. The highest BCUT2D eigenvalue weighted by Crippen LogP contribution is 2.77. The van der Waals surface area contributed by atoms with Crippen LogP contribution in [-0.4, -0.2) is 0 Å². The minimum absolute atomic E-state index is 0.875. The molecule has 3 atom stereocenters. The minimum atomic E-state index is 0.875. The first kappa shape index (κ1) is 4.84. The lowest BCUT2D eigenvalue weighted by Gasteiger charge is -1.80. The van der Waals surface area contributed by atoms with Gasteiger partial charge in [0.25, 0.3) is 0 Å². The quantitative estimate of drug-likeness (QED) is 0.449. The van der Waals surface area contributed by atoms with Gasteiger partial charge < -0.3 is 0 Å². The van der Waals surface area contributed by atoms with Gasteiger partial charge in [-0.1, -0.05) is 20.8 Å². The lowest BCUT2D eigenvalue weighted by Crippen LogP contribution is -1.75. The third-order valence-electron chi connectivity index (χ3n) is 3.75. The molecule has 1 spiro atoms. The molecule has 2 aliphatic rings. The van der Waals surface area contributed by atoms with Crippen LogP contribution in [0.3, 0.4) is 0 Å². The van der Waals surface area contributed by atoms with Crippen LogP contribution in [-0.2, 0) is 0 Å². The second-order valence-corrected chi connectivity index (χ2v) is 3.79. The Morgan fingerprint density at radius 3 is 1.50 bits per heavy atom. The van der Waals surface area contributed by atoms with Crippen LogP contribution in [0.25, 0.3) is 0 Å². The third-order valence-corrected chi connectivity index (χ3v) is 3.75. The first-order valence-corrected chi connectivity index (χ1v) is 3.69. The first-order chi connectivity index (χ1) is 3.69. The van der Waals surface area contributed by atoms with E-state index >= 15 is 0 Å². The Morgan fingerprint density at radius 1 is 1.12 bits per heavy atom. The van der Waals surface area contributed by atoms with Crippen LogP contribution in [0.15, 0.2) is 0 Å². The molecule has 0 aromatic rings. The molecule has 2 aliphatic carbocycles. The Bertz CT molecular complexity index is 118. The SMILES string of the molecule is CC1CC12C(C)C2C. The molecule has 0 heterocycles. The topological polar surface area (TPSA) is 0 Å². The average Bonchev–Trinajstić information content (AvgIpc) is 2.47. The molecule has 46 valence electrons. The summed E-state index contributed by atoms with van der Waals surface area (Å²) in [6, 6.07) is 0. The van der Waals surface area contributed by atoms with Crippen molar-refractivity contribution in [3.8, 4) is 0 Å². The van der Waals surface area contributed by atoms with Crippen molar-refractivity contribution in [2.45, 2.75) is 27.2 Å². The molecule has 0 amide bonds. The summed E-state index contributed by atoms with van der Waals surface area (Å²) in [4.78, 5) is 0. The van der Waals surface area contributed by atoms with Crippen LogP contribution in [0.5, 0.6) is 0 Å². The van der Waals surface area contributed by atoms with Crippen LogP contribution in [0, 0.1) is 23.2 Å². The molecular formula is C8H14. The summed E-state index contributed by atoms with van der Waals surface area (Å²) < 4.78 is 0. The summed E-state index contributed by atoms with van der Waals surface area (Å²) in [5.74, 6) is 3.17. The Kier molecular flexibility index (Phi) is 0.595. The lowest BCUT2D eigenvalue weighted by molar-refractivity contribution is 0.675. The Morgan fingerprint density at radius 2 is 1.50 bits per heavy atom. The zero-order chi connectivity index (χ0) is 5.94. The van der Waals surface area contributed by atoms with E-state index in [0.717, 1.165) is 23.2 Å².